The van der Waals surface area contributed by atoms with Gasteiger partial charge in [-0.3, -0.25) is 9.59 Å². The molecule has 1 aromatic rings. The number of carbonyl (C=O) groups is 2. The van der Waals surface area contributed by atoms with Crippen molar-refractivity contribution in [1.82, 2.24) is 9.80 Å². The third kappa shape index (κ3) is 4.77. The molecule has 1 fully saturated rings. The molecule has 142 valence electrons. The van der Waals surface area contributed by atoms with Crippen molar-refractivity contribution >= 4 is 11.8 Å². The Balaban J connectivity index is 1.54. The second-order valence-electron chi connectivity index (χ2n) is 7.29. The van der Waals surface area contributed by atoms with E-state index >= 15 is 0 Å². The van der Waals surface area contributed by atoms with Crippen LogP contribution in [0.3, 0.4) is 0 Å². The lowest BCUT2D eigenvalue weighted by Gasteiger charge is -2.23. The van der Waals surface area contributed by atoms with E-state index in [1.165, 1.54) is 5.56 Å². The lowest BCUT2D eigenvalue weighted by molar-refractivity contribution is -0.133. The van der Waals surface area contributed by atoms with Crippen molar-refractivity contribution in [3.63, 3.8) is 0 Å². The number of fused-ring (bicyclic) bond motifs is 1. The first-order chi connectivity index (χ1) is 12.7. The van der Waals surface area contributed by atoms with E-state index in [1.807, 2.05) is 21.9 Å². The maximum Gasteiger partial charge on any atom is 0.227 e. The molecule has 3 rings (SSSR count). The minimum Gasteiger partial charge on any atom is -0.493 e. The maximum absolute atomic E-state index is 12.7. The molecule has 0 spiro atoms. The maximum atomic E-state index is 12.7. The van der Waals surface area contributed by atoms with Crippen LogP contribution >= 0.6 is 0 Å². The van der Waals surface area contributed by atoms with E-state index in [-0.39, 0.29) is 11.8 Å². The van der Waals surface area contributed by atoms with Crippen LogP contribution in [-0.2, 0) is 22.4 Å². The molecule has 2 aliphatic heterocycles. The second kappa shape index (κ2) is 9.06. The van der Waals surface area contributed by atoms with Gasteiger partial charge in [-0.15, -0.1) is 0 Å². The van der Waals surface area contributed by atoms with Gasteiger partial charge in [-0.2, -0.15) is 0 Å². The fraction of sp³-hybridized carbons (Fsp3) is 0.619. The number of aryl methyl sites for hydroxylation is 1. The van der Waals surface area contributed by atoms with E-state index in [4.69, 9.17) is 4.74 Å². The van der Waals surface area contributed by atoms with Crippen molar-refractivity contribution in [2.45, 2.75) is 51.9 Å². The molecular formula is C21H30N2O3. The number of unbranched alkanes of at least 4 members (excludes halogenated alkanes) is 1. The Morgan fingerprint density at radius 1 is 1.04 bits per heavy atom. The van der Waals surface area contributed by atoms with Gasteiger partial charge in [-0.05, 0) is 42.9 Å². The van der Waals surface area contributed by atoms with Gasteiger partial charge in [0.05, 0.1) is 13.0 Å². The number of hydrogen-bond acceptors (Lipinski definition) is 3. The summed E-state index contributed by atoms with van der Waals surface area (Å²) >= 11 is 0. The molecule has 5 nitrogen and oxygen atoms in total. The van der Waals surface area contributed by atoms with Gasteiger partial charge in [0.15, 0.2) is 0 Å². The van der Waals surface area contributed by atoms with E-state index in [0.717, 1.165) is 63.1 Å². The number of amides is 2. The Morgan fingerprint density at radius 3 is 2.58 bits per heavy atom. The molecule has 26 heavy (non-hydrogen) atoms. The molecule has 1 saturated heterocycles. The van der Waals surface area contributed by atoms with Gasteiger partial charge in [0.2, 0.25) is 11.8 Å². The first-order valence-electron chi connectivity index (χ1n) is 9.97. The Hall–Kier alpha value is -2.04. The van der Waals surface area contributed by atoms with E-state index in [9.17, 15) is 9.59 Å². The van der Waals surface area contributed by atoms with Crippen LogP contribution in [0.1, 0.15) is 50.2 Å². The van der Waals surface area contributed by atoms with Crippen molar-refractivity contribution in [2.75, 3.05) is 32.8 Å². The van der Waals surface area contributed by atoms with Crippen LogP contribution < -0.4 is 4.74 Å². The molecule has 0 radical (unpaired) electrons. The fourth-order valence-electron chi connectivity index (χ4n) is 3.71. The highest BCUT2D eigenvalue weighted by Gasteiger charge is 2.22. The van der Waals surface area contributed by atoms with E-state index in [1.54, 1.807) is 0 Å². The molecule has 0 N–H and O–H groups in total. The first kappa shape index (κ1) is 18.7. The Labute approximate surface area is 156 Å². The molecule has 0 atom stereocenters. The molecule has 0 unspecified atom stereocenters. The number of hydrogen-bond donors (Lipinski definition) is 0. The van der Waals surface area contributed by atoms with Crippen LogP contribution in [0.2, 0.25) is 0 Å². The Morgan fingerprint density at radius 2 is 1.81 bits per heavy atom. The summed E-state index contributed by atoms with van der Waals surface area (Å²) in [6, 6.07) is 6.11. The van der Waals surface area contributed by atoms with Gasteiger partial charge >= 0.3 is 0 Å². The van der Waals surface area contributed by atoms with Gasteiger partial charge in [-0.1, -0.05) is 25.5 Å². The highest BCUT2D eigenvalue weighted by atomic mass is 16.5. The van der Waals surface area contributed by atoms with Gasteiger partial charge in [0.1, 0.15) is 5.75 Å². The van der Waals surface area contributed by atoms with Crippen molar-refractivity contribution in [2.24, 2.45) is 0 Å². The topological polar surface area (TPSA) is 49.9 Å². The highest BCUT2D eigenvalue weighted by molar-refractivity contribution is 5.79. The third-order valence-electron chi connectivity index (χ3n) is 5.27. The lowest BCUT2D eigenvalue weighted by atomic mass is 10.0. The zero-order valence-corrected chi connectivity index (χ0v) is 15.8. The zero-order chi connectivity index (χ0) is 18.4. The SMILES string of the molecule is CCCCC(=O)N1CCCN(C(=O)Cc2ccc3c(c2)CCCO3)CC1. The number of benzene rings is 1. The van der Waals surface area contributed by atoms with Crippen LogP contribution in [0, 0.1) is 0 Å². The Bertz CT molecular complexity index is 644. The molecule has 0 aromatic heterocycles. The molecule has 2 amide bonds. The average molecular weight is 358 g/mol. The minimum absolute atomic E-state index is 0.157. The molecule has 2 heterocycles. The third-order valence-corrected chi connectivity index (χ3v) is 5.27. The summed E-state index contributed by atoms with van der Waals surface area (Å²) in [4.78, 5) is 28.8. The summed E-state index contributed by atoms with van der Waals surface area (Å²) in [5.74, 6) is 1.35. The summed E-state index contributed by atoms with van der Waals surface area (Å²) in [6.07, 6.45) is 5.96. The molecule has 0 saturated carbocycles. The van der Waals surface area contributed by atoms with Gasteiger partial charge in [0, 0.05) is 32.6 Å². The molecule has 2 aliphatic rings. The quantitative estimate of drug-likeness (QED) is 0.813. The average Bonchev–Trinajstić information content (AvgIpc) is 2.92. The fourth-order valence-corrected chi connectivity index (χ4v) is 3.71. The van der Waals surface area contributed by atoms with Crippen LogP contribution in [0.4, 0.5) is 0 Å². The summed E-state index contributed by atoms with van der Waals surface area (Å²) in [5, 5.41) is 0. The first-order valence-corrected chi connectivity index (χ1v) is 9.97. The monoisotopic (exact) mass is 358 g/mol. The van der Waals surface area contributed by atoms with E-state index < -0.39 is 0 Å². The van der Waals surface area contributed by atoms with Gasteiger partial charge < -0.3 is 14.5 Å². The normalized spacial score (nSPS) is 17.3. The summed E-state index contributed by atoms with van der Waals surface area (Å²) in [7, 11) is 0. The number of nitrogens with zero attached hydrogens (tertiary/aromatic N) is 2. The predicted molar refractivity (Wildman–Crippen MR) is 101 cm³/mol. The van der Waals surface area contributed by atoms with Crippen molar-refractivity contribution in [3.05, 3.63) is 29.3 Å². The van der Waals surface area contributed by atoms with Gasteiger partial charge in [0.25, 0.3) is 0 Å². The molecule has 5 heteroatoms. The second-order valence-corrected chi connectivity index (χ2v) is 7.29. The smallest absolute Gasteiger partial charge is 0.227 e. The molecule has 1 aromatic carbocycles. The van der Waals surface area contributed by atoms with Crippen LogP contribution in [0.5, 0.6) is 5.75 Å². The summed E-state index contributed by atoms with van der Waals surface area (Å²) in [6.45, 7) is 5.69. The predicted octanol–water partition coefficient (Wildman–Crippen LogP) is 2.81. The number of ether oxygens (including phenoxy) is 1. The van der Waals surface area contributed by atoms with Crippen LogP contribution in [-0.4, -0.2) is 54.4 Å². The zero-order valence-electron chi connectivity index (χ0n) is 15.8. The van der Waals surface area contributed by atoms with Crippen molar-refractivity contribution in [3.8, 4) is 5.75 Å². The van der Waals surface area contributed by atoms with E-state index in [2.05, 4.69) is 13.0 Å². The number of rotatable bonds is 5. The van der Waals surface area contributed by atoms with Crippen LogP contribution in [0.15, 0.2) is 18.2 Å². The lowest BCUT2D eigenvalue weighted by Crippen LogP contribution is -2.37. The molecular weight excluding hydrogens is 328 g/mol. The van der Waals surface area contributed by atoms with E-state index in [0.29, 0.717) is 25.9 Å². The Kier molecular flexibility index (Phi) is 6.53. The van der Waals surface area contributed by atoms with Crippen molar-refractivity contribution in [1.29, 1.82) is 0 Å². The largest absolute Gasteiger partial charge is 0.493 e. The standard InChI is InChI=1S/C21H30N2O3/c1-2-3-7-20(24)22-10-5-11-23(13-12-22)21(25)16-17-8-9-19-18(15-17)6-4-14-26-19/h8-9,15H,2-7,10-14,16H2,1H3. The van der Waals surface area contributed by atoms with Crippen molar-refractivity contribution < 1.29 is 14.3 Å². The van der Waals surface area contributed by atoms with Gasteiger partial charge in [-0.25, -0.2) is 0 Å². The van der Waals surface area contributed by atoms with Crippen LogP contribution in [0.25, 0.3) is 0 Å². The summed E-state index contributed by atoms with van der Waals surface area (Å²) in [5.41, 5.74) is 2.27. The highest BCUT2D eigenvalue weighted by Crippen LogP contribution is 2.26. The number of carbonyl (C=O) groups excluding carboxylic acids is 2. The summed E-state index contributed by atoms with van der Waals surface area (Å²) < 4.78 is 5.65. The molecule has 0 bridgehead atoms. The minimum atomic E-state index is 0.157. The molecule has 0 aliphatic carbocycles.